The van der Waals surface area contributed by atoms with Crippen LogP contribution in [0.5, 0.6) is 11.6 Å². The zero-order valence-corrected chi connectivity index (χ0v) is 12.5. The fraction of sp³-hybridized carbons (Fsp3) is 0.294. The summed E-state index contributed by atoms with van der Waals surface area (Å²) in [6.07, 6.45) is 2.50. The molecule has 1 aromatic heterocycles. The van der Waals surface area contributed by atoms with E-state index in [-0.39, 0.29) is 11.8 Å². The molecule has 5 heteroatoms. The summed E-state index contributed by atoms with van der Waals surface area (Å²) in [5, 5.41) is 6.07. The number of nitrogens with zero attached hydrogens (tertiary/aromatic N) is 1. The molecule has 5 nitrogen and oxygen atoms in total. The van der Waals surface area contributed by atoms with E-state index in [1.54, 1.807) is 18.3 Å². The number of aryl methyl sites for hydroxylation is 1. The lowest BCUT2D eigenvalue weighted by molar-refractivity contribution is -0.119. The van der Waals surface area contributed by atoms with Gasteiger partial charge < -0.3 is 15.4 Å². The standard InChI is InChI=1S/C17H19N3O2/c1-12-2-5-15(6-3-12)22-16-7-4-14(11-19-16)20-17(21)13-8-9-18-10-13/h2-7,11,13,18H,8-10H2,1H3,(H,20,21). The molecular weight excluding hydrogens is 278 g/mol. The smallest absolute Gasteiger partial charge is 0.228 e. The molecule has 1 aromatic carbocycles. The van der Waals surface area contributed by atoms with Crippen molar-refractivity contribution in [1.29, 1.82) is 0 Å². The van der Waals surface area contributed by atoms with Crippen LogP contribution in [0.4, 0.5) is 5.69 Å². The number of anilines is 1. The van der Waals surface area contributed by atoms with Gasteiger partial charge in [-0.2, -0.15) is 0 Å². The van der Waals surface area contributed by atoms with E-state index in [4.69, 9.17) is 4.74 Å². The molecule has 0 spiro atoms. The fourth-order valence-corrected chi connectivity index (χ4v) is 2.36. The number of rotatable bonds is 4. The van der Waals surface area contributed by atoms with E-state index in [0.717, 1.165) is 25.3 Å². The predicted octanol–water partition coefficient (Wildman–Crippen LogP) is 2.73. The minimum absolute atomic E-state index is 0.0407. The second kappa shape index (κ2) is 6.58. The van der Waals surface area contributed by atoms with E-state index in [9.17, 15) is 4.79 Å². The number of ether oxygens (including phenoxy) is 1. The highest BCUT2D eigenvalue weighted by Gasteiger charge is 2.22. The zero-order chi connectivity index (χ0) is 15.4. The van der Waals surface area contributed by atoms with Crippen molar-refractivity contribution in [1.82, 2.24) is 10.3 Å². The van der Waals surface area contributed by atoms with Crippen molar-refractivity contribution in [3.63, 3.8) is 0 Å². The largest absolute Gasteiger partial charge is 0.439 e. The maximum atomic E-state index is 12.0. The van der Waals surface area contributed by atoms with Crippen molar-refractivity contribution in [2.45, 2.75) is 13.3 Å². The van der Waals surface area contributed by atoms with Gasteiger partial charge in [-0.3, -0.25) is 4.79 Å². The molecule has 1 amide bonds. The van der Waals surface area contributed by atoms with Crippen molar-refractivity contribution in [2.24, 2.45) is 5.92 Å². The van der Waals surface area contributed by atoms with E-state index in [1.165, 1.54) is 5.56 Å². The van der Waals surface area contributed by atoms with Crippen LogP contribution in [0.3, 0.4) is 0 Å². The van der Waals surface area contributed by atoms with E-state index in [2.05, 4.69) is 15.6 Å². The quantitative estimate of drug-likeness (QED) is 0.911. The van der Waals surface area contributed by atoms with Crippen LogP contribution in [-0.2, 0) is 4.79 Å². The zero-order valence-electron chi connectivity index (χ0n) is 12.5. The van der Waals surface area contributed by atoms with E-state index in [0.29, 0.717) is 11.6 Å². The number of nitrogens with one attached hydrogen (secondary N) is 2. The van der Waals surface area contributed by atoms with E-state index in [1.807, 2.05) is 31.2 Å². The van der Waals surface area contributed by atoms with Crippen LogP contribution in [0.25, 0.3) is 0 Å². The summed E-state index contributed by atoms with van der Waals surface area (Å²) in [4.78, 5) is 16.2. The van der Waals surface area contributed by atoms with Gasteiger partial charge in [0.1, 0.15) is 5.75 Å². The highest BCUT2D eigenvalue weighted by atomic mass is 16.5. The maximum absolute atomic E-state index is 12.0. The molecular formula is C17H19N3O2. The molecule has 2 N–H and O–H groups in total. The lowest BCUT2D eigenvalue weighted by Crippen LogP contribution is -2.24. The first-order valence-electron chi connectivity index (χ1n) is 7.43. The first-order valence-corrected chi connectivity index (χ1v) is 7.43. The molecule has 1 fully saturated rings. The highest BCUT2D eigenvalue weighted by Crippen LogP contribution is 2.21. The van der Waals surface area contributed by atoms with Crippen LogP contribution in [-0.4, -0.2) is 24.0 Å². The third kappa shape index (κ3) is 3.62. The van der Waals surface area contributed by atoms with Gasteiger partial charge in [0, 0.05) is 12.6 Å². The molecule has 0 bridgehead atoms. The second-order valence-corrected chi connectivity index (χ2v) is 5.48. The van der Waals surface area contributed by atoms with Gasteiger partial charge in [-0.25, -0.2) is 4.98 Å². The van der Waals surface area contributed by atoms with Crippen molar-refractivity contribution in [3.05, 3.63) is 48.2 Å². The second-order valence-electron chi connectivity index (χ2n) is 5.48. The minimum Gasteiger partial charge on any atom is -0.439 e. The average Bonchev–Trinajstić information content (AvgIpc) is 3.06. The van der Waals surface area contributed by atoms with Crippen LogP contribution in [0, 0.1) is 12.8 Å². The Morgan fingerprint density at radius 2 is 2.09 bits per heavy atom. The highest BCUT2D eigenvalue weighted by molar-refractivity contribution is 5.92. The van der Waals surface area contributed by atoms with Crippen molar-refractivity contribution in [3.8, 4) is 11.6 Å². The SMILES string of the molecule is Cc1ccc(Oc2ccc(NC(=O)C3CCNC3)cn2)cc1. The number of aromatic nitrogens is 1. The van der Waals surface area contributed by atoms with Gasteiger partial charge in [0.05, 0.1) is 17.8 Å². The number of carbonyl (C=O) groups is 1. The normalized spacial score (nSPS) is 17.2. The van der Waals surface area contributed by atoms with E-state index >= 15 is 0 Å². The Bertz CT molecular complexity index is 632. The number of benzene rings is 1. The Kier molecular flexibility index (Phi) is 4.34. The summed E-state index contributed by atoms with van der Waals surface area (Å²) in [6.45, 7) is 3.67. The average molecular weight is 297 g/mol. The number of hydrogen-bond donors (Lipinski definition) is 2. The Labute approximate surface area is 129 Å². The molecule has 0 aliphatic carbocycles. The molecule has 0 radical (unpaired) electrons. The van der Waals surface area contributed by atoms with Crippen LogP contribution in [0.15, 0.2) is 42.6 Å². The van der Waals surface area contributed by atoms with Crippen molar-refractivity contribution < 1.29 is 9.53 Å². The summed E-state index contributed by atoms with van der Waals surface area (Å²) in [5.74, 6) is 1.33. The van der Waals surface area contributed by atoms with Crippen LogP contribution in [0.1, 0.15) is 12.0 Å². The van der Waals surface area contributed by atoms with Gasteiger partial charge in [-0.05, 0) is 38.1 Å². The number of carbonyl (C=O) groups excluding carboxylic acids is 1. The molecule has 114 valence electrons. The Hall–Kier alpha value is -2.40. The fourth-order valence-electron chi connectivity index (χ4n) is 2.36. The first kappa shape index (κ1) is 14.5. The lowest BCUT2D eigenvalue weighted by atomic mass is 10.1. The van der Waals surface area contributed by atoms with Crippen LogP contribution in [0.2, 0.25) is 0 Å². The molecule has 1 unspecified atom stereocenters. The lowest BCUT2D eigenvalue weighted by Gasteiger charge is -2.10. The first-order chi connectivity index (χ1) is 10.7. The topological polar surface area (TPSA) is 63.2 Å². The van der Waals surface area contributed by atoms with Gasteiger partial charge >= 0.3 is 0 Å². The molecule has 1 aliphatic heterocycles. The van der Waals surface area contributed by atoms with Gasteiger partial charge in [-0.15, -0.1) is 0 Å². The number of pyridine rings is 1. The van der Waals surface area contributed by atoms with Crippen molar-refractivity contribution >= 4 is 11.6 Å². The van der Waals surface area contributed by atoms with E-state index < -0.39 is 0 Å². The van der Waals surface area contributed by atoms with Crippen LogP contribution < -0.4 is 15.4 Å². The third-order valence-electron chi connectivity index (χ3n) is 3.68. The van der Waals surface area contributed by atoms with Gasteiger partial charge in [0.15, 0.2) is 0 Å². The van der Waals surface area contributed by atoms with Gasteiger partial charge in [0.2, 0.25) is 11.8 Å². The molecule has 1 atom stereocenters. The Morgan fingerprint density at radius 1 is 1.27 bits per heavy atom. The molecule has 2 heterocycles. The number of hydrogen-bond acceptors (Lipinski definition) is 4. The van der Waals surface area contributed by atoms with Gasteiger partial charge in [-0.1, -0.05) is 17.7 Å². The maximum Gasteiger partial charge on any atom is 0.228 e. The Balaban J connectivity index is 1.60. The summed E-state index contributed by atoms with van der Waals surface area (Å²) in [5.41, 5.74) is 1.87. The summed E-state index contributed by atoms with van der Waals surface area (Å²) in [7, 11) is 0. The predicted molar refractivity (Wildman–Crippen MR) is 85.1 cm³/mol. The Morgan fingerprint density at radius 3 is 2.73 bits per heavy atom. The summed E-state index contributed by atoms with van der Waals surface area (Å²) < 4.78 is 5.66. The molecule has 22 heavy (non-hydrogen) atoms. The number of amides is 1. The monoisotopic (exact) mass is 297 g/mol. The summed E-state index contributed by atoms with van der Waals surface area (Å²) in [6, 6.07) is 11.3. The molecule has 1 aliphatic rings. The third-order valence-corrected chi connectivity index (χ3v) is 3.68. The minimum atomic E-state index is 0.0407. The van der Waals surface area contributed by atoms with Gasteiger partial charge in [0.25, 0.3) is 0 Å². The molecule has 1 saturated heterocycles. The molecule has 2 aromatic rings. The van der Waals surface area contributed by atoms with Crippen LogP contribution >= 0.6 is 0 Å². The van der Waals surface area contributed by atoms with Crippen molar-refractivity contribution in [2.75, 3.05) is 18.4 Å². The molecule has 0 saturated carbocycles. The summed E-state index contributed by atoms with van der Waals surface area (Å²) >= 11 is 0. The molecule has 3 rings (SSSR count).